The molecule has 2 rings (SSSR count). The van der Waals surface area contributed by atoms with Crippen molar-refractivity contribution >= 4 is 23.6 Å². The van der Waals surface area contributed by atoms with Gasteiger partial charge in [-0.15, -0.1) is 0 Å². The second kappa shape index (κ2) is 7.25. The Bertz CT molecular complexity index is 557. The van der Waals surface area contributed by atoms with Gasteiger partial charge < -0.3 is 19.9 Å². The van der Waals surface area contributed by atoms with Crippen LogP contribution in [-0.4, -0.2) is 47.1 Å². The molecule has 2 amide bonds. The normalized spacial score (nSPS) is 16.3. The number of amides is 2. The van der Waals surface area contributed by atoms with Crippen molar-refractivity contribution in [2.24, 2.45) is 5.92 Å². The SMILES string of the molecule is CC(C)(C)OC(=O)NCC1CCN(C(=O)c2cc(Cl)c[nH]2)CC1. The van der Waals surface area contributed by atoms with Crippen molar-refractivity contribution in [1.82, 2.24) is 15.2 Å². The standard InChI is InChI=1S/C16H24ClN3O3/c1-16(2,3)23-15(22)19-9-11-4-6-20(7-5-11)14(21)13-8-12(17)10-18-13/h8,10-11,18H,4-7,9H2,1-3H3,(H,19,22). The molecule has 7 heteroatoms. The summed E-state index contributed by atoms with van der Waals surface area (Å²) in [7, 11) is 0. The Morgan fingerprint density at radius 3 is 2.57 bits per heavy atom. The maximum Gasteiger partial charge on any atom is 0.407 e. The molecule has 0 unspecified atom stereocenters. The Kier molecular flexibility index (Phi) is 5.57. The summed E-state index contributed by atoms with van der Waals surface area (Å²) in [4.78, 5) is 28.6. The van der Waals surface area contributed by atoms with Crippen LogP contribution in [0.15, 0.2) is 12.3 Å². The predicted octanol–water partition coefficient (Wildman–Crippen LogP) is 3.05. The molecule has 1 aromatic rings. The zero-order valence-electron chi connectivity index (χ0n) is 13.8. The van der Waals surface area contributed by atoms with E-state index in [4.69, 9.17) is 16.3 Å². The van der Waals surface area contributed by atoms with Crippen LogP contribution in [0.5, 0.6) is 0 Å². The average molecular weight is 342 g/mol. The summed E-state index contributed by atoms with van der Waals surface area (Å²) < 4.78 is 5.22. The predicted molar refractivity (Wildman–Crippen MR) is 88.7 cm³/mol. The highest BCUT2D eigenvalue weighted by Crippen LogP contribution is 2.19. The molecular formula is C16H24ClN3O3. The summed E-state index contributed by atoms with van der Waals surface area (Å²) in [5.74, 6) is 0.328. The first-order valence-corrected chi connectivity index (χ1v) is 8.22. The number of aromatic nitrogens is 1. The van der Waals surface area contributed by atoms with Gasteiger partial charge in [-0.2, -0.15) is 0 Å². The highest BCUT2D eigenvalue weighted by molar-refractivity contribution is 6.30. The number of carbonyl (C=O) groups excluding carboxylic acids is 2. The fourth-order valence-electron chi connectivity index (χ4n) is 2.54. The molecule has 0 saturated carbocycles. The number of hydrogen-bond donors (Lipinski definition) is 2. The third-order valence-electron chi connectivity index (χ3n) is 3.71. The van der Waals surface area contributed by atoms with Crippen molar-refractivity contribution in [2.45, 2.75) is 39.2 Å². The Balaban J connectivity index is 1.74. The smallest absolute Gasteiger partial charge is 0.407 e. The first-order valence-electron chi connectivity index (χ1n) is 7.84. The van der Waals surface area contributed by atoms with Gasteiger partial charge in [-0.3, -0.25) is 4.79 Å². The van der Waals surface area contributed by atoms with Crippen LogP contribution in [0.2, 0.25) is 5.02 Å². The fraction of sp³-hybridized carbons (Fsp3) is 0.625. The quantitative estimate of drug-likeness (QED) is 0.887. The molecule has 0 bridgehead atoms. The maximum absolute atomic E-state index is 12.3. The van der Waals surface area contributed by atoms with Crippen molar-refractivity contribution in [3.63, 3.8) is 0 Å². The van der Waals surface area contributed by atoms with Crippen molar-refractivity contribution in [2.75, 3.05) is 19.6 Å². The lowest BCUT2D eigenvalue weighted by Crippen LogP contribution is -2.42. The summed E-state index contributed by atoms with van der Waals surface area (Å²) in [6, 6.07) is 1.64. The zero-order chi connectivity index (χ0) is 17.0. The molecule has 1 saturated heterocycles. The maximum atomic E-state index is 12.3. The summed E-state index contributed by atoms with van der Waals surface area (Å²) in [5, 5.41) is 3.33. The number of carbonyl (C=O) groups is 2. The summed E-state index contributed by atoms with van der Waals surface area (Å²) in [6.45, 7) is 7.44. The van der Waals surface area contributed by atoms with Crippen LogP contribution in [0.1, 0.15) is 44.1 Å². The van der Waals surface area contributed by atoms with E-state index < -0.39 is 11.7 Å². The molecule has 128 valence electrons. The van der Waals surface area contributed by atoms with E-state index in [1.165, 1.54) is 0 Å². The average Bonchev–Trinajstić information content (AvgIpc) is 2.90. The minimum atomic E-state index is -0.489. The molecule has 6 nitrogen and oxygen atoms in total. The number of hydrogen-bond acceptors (Lipinski definition) is 3. The number of alkyl carbamates (subject to hydrolysis) is 1. The lowest BCUT2D eigenvalue weighted by molar-refractivity contribution is 0.0500. The van der Waals surface area contributed by atoms with Gasteiger partial charge in [-0.25, -0.2) is 4.79 Å². The molecule has 0 atom stereocenters. The van der Waals surface area contributed by atoms with Crippen LogP contribution in [0.3, 0.4) is 0 Å². The topological polar surface area (TPSA) is 74.4 Å². The van der Waals surface area contributed by atoms with E-state index in [9.17, 15) is 9.59 Å². The Morgan fingerprint density at radius 2 is 2.04 bits per heavy atom. The number of halogens is 1. The second-order valence-corrected chi connectivity index (χ2v) is 7.29. The van der Waals surface area contributed by atoms with Crippen LogP contribution in [0.25, 0.3) is 0 Å². The van der Waals surface area contributed by atoms with Gasteiger partial charge in [0.25, 0.3) is 5.91 Å². The summed E-state index contributed by atoms with van der Waals surface area (Å²) in [6.07, 6.45) is 2.93. The third-order valence-corrected chi connectivity index (χ3v) is 3.93. The summed E-state index contributed by atoms with van der Waals surface area (Å²) >= 11 is 5.83. The lowest BCUT2D eigenvalue weighted by atomic mass is 9.96. The first kappa shape index (κ1) is 17.7. The lowest BCUT2D eigenvalue weighted by Gasteiger charge is -2.32. The molecule has 0 aromatic carbocycles. The van der Waals surface area contributed by atoms with E-state index in [1.807, 2.05) is 25.7 Å². The molecule has 0 aliphatic carbocycles. The van der Waals surface area contributed by atoms with E-state index >= 15 is 0 Å². The van der Waals surface area contributed by atoms with E-state index in [0.717, 1.165) is 12.8 Å². The number of nitrogens with one attached hydrogen (secondary N) is 2. The molecular weight excluding hydrogens is 318 g/mol. The Hall–Kier alpha value is -1.69. The van der Waals surface area contributed by atoms with Crippen molar-refractivity contribution in [3.8, 4) is 0 Å². The van der Waals surface area contributed by atoms with E-state index in [0.29, 0.717) is 36.3 Å². The minimum absolute atomic E-state index is 0.0320. The number of ether oxygens (including phenoxy) is 1. The molecule has 0 spiro atoms. The van der Waals surface area contributed by atoms with Crippen LogP contribution in [0.4, 0.5) is 4.79 Å². The molecule has 2 N–H and O–H groups in total. The molecule has 2 heterocycles. The molecule has 1 fully saturated rings. The number of H-pyrrole nitrogens is 1. The van der Waals surface area contributed by atoms with Gasteiger partial charge in [0, 0.05) is 25.8 Å². The number of nitrogens with zero attached hydrogens (tertiary/aromatic N) is 1. The van der Waals surface area contributed by atoms with Crippen molar-refractivity contribution < 1.29 is 14.3 Å². The van der Waals surface area contributed by atoms with Gasteiger partial charge in [-0.05, 0) is 45.6 Å². The van der Waals surface area contributed by atoms with Gasteiger partial charge in [0.1, 0.15) is 11.3 Å². The van der Waals surface area contributed by atoms with E-state index in [2.05, 4.69) is 10.3 Å². The largest absolute Gasteiger partial charge is 0.444 e. The van der Waals surface area contributed by atoms with Crippen LogP contribution in [0, 0.1) is 5.92 Å². The fourth-order valence-corrected chi connectivity index (χ4v) is 2.71. The molecule has 23 heavy (non-hydrogen) atoms. The molecule has 0 radical (unpaired) electrons. The van der Waals surface area contributed by atoms with Gasteiger partial charge in [0.2, 0.25) is 0 Å². The van der Waals surface area contributed by atoms with E-state index in [-0.39, 0.29) is 5.91 Å². The number of likely N-dealkylation sites (tertiary alicyclic amines) is 1. The summed E-state index contributed by atoms with van der Waals surface area (Å²) in [5.41, 5.74) is 0.0253. The van der Waals surface area contributed by atoms with Crippen molar-refractivity contribution in [3.05, 3.63) is 23.0 Å². The van der Waals surface area contributed by atoms with Gasteiger partial charge in [-0.1, -0.05) is 11.6 Å². The van der Waals surface area contributed by atoms with Crippen LogP contribution in [-0.2, 0) is 4.74 Å². The zero-order valence-corrected chi connectivity index (χ0v) is 14.6. The highest BCUT2D eigenvalue weighted by atomic mass is 35.5. The second-order valence-electron chi connectivity index (χ2n) is 6.85. The van der Waals surface area contributed by atoms with E-state index in [1.54, 1.807) is 12.3 Å². The highest BCUT2D eigenvalue weighted by Gasteiger charge is 2.25. The first-order chi connectivity index (χ1) is 10.7. The number of piperidine rings is 1. The number of rotatable bonds is 3. The van der Waals surface area contributed by atoms with Gasteiger partial charge >= 0.3 is 6.09 Å². The van der Waals surface area contributed by atoms with Gasteiger partial charge in [0.15, 0.2) is 0 Å². The molecule has 1 aromatic heterocycles. The van der Waals surface area contributed by atoms with Gasteiger partial charge in [0.05, 0.1) is 5.02 Å². The minimum Gasteiger partial charge on any atom is -0.444 e. The monoisotopic (exact) mass is 341 g/mol. The third kappa shape index (κ3) is 5.46. The molecule has 1 aliphatic rings. The number of aromatic amines is 1. The Labute approximate surface area is 141 Å². The van der Waals surface area contributed by atoms with Crippen molar-refractivity contribution in [1.29, 1.82) is 0 Å². The van der Waals surface area contributed by atoms with Crippen LogP contribution < -0.4 is 5.32 Å². The Morgan fingerprint density at radius 1 is 1.39 bits per heavy atom. The molecule has 1 aliphatic heterocycles. The van der Waals surface area contributed by atoms with Crippen LogP contribution >= 0.6 is 11.6 Å².